The first-order valence-electron chi connectivity index (χ1n) is 7.33. The predicted molar refractivity (Wildman–Crippen MR) is 93.2 cm³/mol. The zero-order chi connectivity index (χ0) is 17.1. The van der Waals surface area contributed by atoms with Gasteiger partial charge in [-0.1, -0.05) is 41.9 Å². The molecule has 0 bridgehead atoms. The number of hydrogen-bond donors (Lipinski definition) is 1. The molecule has 3 aromatic rings. The lowest BCUT2D eigenvalue weighted by Gasteiger charge is -2.14. The van der Waals surface area contributed by atoms with E-state index >= 15 is 0 Å². The molecule has 0 aliphatic rings. The number of amides is 1. The second-order valence-corrected chi connectivity index (χ2v) is 5.71. The Morgan fingerprint density at radius 3 is 2.62 bits per heavy atom. The van der Waals surface area contributed by atoms with Crippen molar-refractivity contribution in [3.05, 3.63) is 75.5 Å². The van der Waals surface area contributed by atoms with Gasteiger partial charge in [-0.15, -0.1) is 0 Å². The second-order valence-electron chi connectivity index (χ2n) is 5.30. The highest BCUT2D eigenvalue weighted by molar-refractivity contribution is 6.31. The fourth-order valence-corrected chi connectivity index (χ4v) is 2.71. The molecular formula is C18H15ClN2O3. The predicted octanol–water partition coefficient (Wildman–Crippen LogP) is 2.72. The molecule has 5 nitrogen and oxygen atoms in total. The minimum atomic E-state index is -0.592. The number of halogens is 1. The second kappa shape index (κ2) is 6.76. The number of fused-ring (bicyclic) bond motifs is 1. The maximum atomic E-state index is 12.1. The third-order valence-electron chi connectivity index (χ3n) is 3.63. The summed E-state index contributed by atoms with van der Waals surface area (Å²) in [6.45, 7) is 0.0427. The zero-order valence-corrected chi connectivity index (χ0v) is 13.5. The highest BCUT2D eigenvalue weighted by atomic mass is 35.5. The number of ether oxygens (including phenoxy) is 1. The third-order valence-corrected chi connectivity index (χ3v) is 4.00. The van der Waals surface area contributed by atoms with Crippen molar-refractivity contribution in [1.82, 2.24) is 4.57 Å². The average Bonchev–Trinajstić information content (AvgIpc) is 2.56. The molecule has 0 saturated heterocycles. The first kappa shape index (κ1) is 16.1. The topological polar surface area (TPSA) is 74.3 Å². The Kier molecular flexibility index (Phi) is 4.53. The molecule has 0 unspecified atom stereocenters. The van der Waals surface area contributed by atoms with Gasteiger partial charge in [0.2, 0.25) is 5.91 Å². The lowest BCUT2D eigenvalue weighted by molar-refractivity contribution is -0.118. The number of para-hydroxylation sites is 1. The van der Waals surface area contributed by atoms with E-state index in [0.717, 1.165) is 10.9 Å². The summed E-state index contributed by atoms with van der Waals surface area (Å²) in [5.41, 5.74) is 6.32. The number of rotatable bonds is 5. The molecule has 1 aromatic heterocycles. The lowest BCUT2D eigenvalue weighted by Crippen LogP contribution is -2.27. The van der Waals surface area contributed by atoms with Crippen molar-refractivity contribution in [2.45, 2.75) is 13.2 Å². The number of hydrogen-bond acceptors (Lipinski definition) is 3. The van der Waals surface area contributed by atoms with Crippen molar-refractivity contribution in [3.8, 4) is 5.75 Å². The molecule has 0 radical (unpaired) electrons. The van der Waals surface area contributed by atoms with Crippen molar-refractivity contribution >= 4 is 28.4 Å². The van der Waals surface area contributed by atoms with E-state index in [1.165, 1.54) is 10.6 Å². The number of nitrogens with zero attached hydrogens (tertiary/aromatic N) is 1. The van der Waals surface area contributed by atoms with E-state index < -0.39 is 5.91 Å². The summed E-state index contributed by atoms with van der Waals surface area (Å²) in [4.78, 5) is 23.4. The van der Waals surface area contributed by atoms with Crippen LogP contribution in [0.2, 0.25) is 5.02 Å². The van der Waals surface area contributed by atoms with Crippen molar-refractivity contribution in [2.75, 3.05) is 0 Å². The molecule has 0 aliphatic heterocycles. The van der Waals surface area contributed by atoms with Gasteiger partial charge in [0.05, 0.1) is 5.52 Å². The van der Waals surface area contributed by atoms with E-state index in [-0.39, 0.29) is 18.7 Å². The Hall–Kier alpha value is -2.79. The molecule has 0 saturated carbocycles. The van der Waals surface area contributed by atoms with E-state index in [2.05, 4.69) is 0 Å². The van der Waals surface area contributed by atoms with Gasteiger partial charge in [0.15, 0.2) is 0 Å². The van der Waals surface area contributed by atoms with Crippen molar-refractivity contribution in [1.29, 1.82) is 0 Å². The quantitative estimate of drug-likeness (QED) is 0.774. The number of aromatic nitrogens is 1. The molecule has 2 aromatic carbocycles. The van der Waals surface area contributed by atoms with E-state index in [4.69, 9.17) is 22.1 Å². The Morgan fingerprint density at radius 2 is 1.88 bits per heavy atom. The van der Waals surface area contributed by atoms with Crippen molar-refractivity contribution in [2.24, 2.45) is 5.73 Å². The van der Waals surface area contributed by atoms with Crippen LogP contribution in [-0.4, -0.2) is 10.5 Å². The molecule has 2 N–H and O–H groups in total. The number of benzene rings is 2. The van der Waals surface area contributed by atoms with Crippen LogP contribution in [0.15, 0.2) is 59.4 Å². The van der Waals surface area contributed by atoms with Gasteiger partial charge in [-0.2, -0.15) is 0 Å². The van der Waals surface area contributed by atoms with Gasteiger partial charge in [0.25, 0.3) is 5.56 Å². The molecule has 6 heteroatoms. The Balaban J connectivity index is 2.04. The van der Waals surface area contributed by atoms with Crippen molar-refractivity contribution < 1.29 is 9.53 Å². The summed E-state index contributed by atoms with van der Waals surface area (Å²) in [6, 6.07) is 15.9. The van der Waals surface area contributed by atoms with E-state index in [1.807, 2.05) is 30.3 Å². The lowest BCUT2D eigenvalue weighted by atomic mass is 10.2. The summed E-state index contributed by atoms with van der Waals surface area (Å²) in [6.07, 6.45) is 0. The van der Waals surface area contributed by atoms with E-state index in [1.54, 1.807) is 18.2 Å². The first-order chi connectivity index (χ1) is 11.6. The summed E-state index contributed by atoms with van der Waals surface area (Å²) in [5, 5.41) is 1.39. The van der Waals surface area contributed by atoms with Crippen LogP contribution in [0, 0.1) is 0 Å². The summed E-state index contributed by atoms with van der Waals surface area (Å²) < 4.78 is 7.19. The maximum Gasteiger partial charge on any atom is 0.251 e. The van der Waals surface area contributed by atoms with Crippen LogP contribution >= 0.6 is 11.6 Å². The van der Waals surface area contributed by atoms with Crippen LogP contribution in [0.25, 0.3) is 10.9 Å². The Bertz CT molecular complexity index is 966. The van der Waals surface area contributed by atoms with Crippen LogP contribution in [0.4, 0.5) is 0 Å². The average molecular weight is 343 g/mol. The maximum absolute atomic E-state index is 12.1. The van der Waals surface area contributed by atoms with Crippen molar-refractivity contribution in [3.63, 3.8) is 0 Å². The molecule has 0 spiro atoms. The third kappa shape index (κ3) is 3.26. The van der Waals surface area contributed by atoms with Gasteiger partial charge in [-0.25, -0.2) is 0 Å². The largest absolute Gasteiger partial charge is 0.487 e. The normalized spacial score (nSPS) is 10.7. The fourth-order valence-electron chi connectivity index (χ4n) is 2.52. The van der Waals surface area contributed by atoms with Gasteiger partial charge in [0, 0.05) is 22.0 Å². The minimum Gasteiger partial charge on any atom is -0.487 e. The molecule has 122 valence electrons. The highest BCUT2D eigenvalue weighted by Gasteiger charge is 2.11. The molecule has 3 rings (SSSR count). The summed E-state index contributed by atoms with van der Waals surface area (Å²) in [5.74, 6) is -0.100. The molecule has 0 aliphatic carbocycles. The van der Waals surface area contributed by atoms with E-state index in [9.17, 15) is 9.59 Å². The number of carbonyl (C=O) groups excluding carboxylic acids is 1. The van der Waals surface area contributed by atoms with Crippen LogP contribution < -0.4 is 16.0 Å². The number of pyridine rings is 1. The Morgan fingerprint density at radius 1 is 1.08 bits per heavy atom. The number of primary amides is 1. The van der Waals surface area contributed by atoms with Crippen LogP contribution in [0.1, 0.15) is 5.56 Å². The molecule has 0 fully saturated rings. The van der Waals surface area contributed by atoms with Crippen LogP contribution in [-0.2, 0) is 17.9 Å². The zero-order valence-electron chi connectivity index (χ0n) is 12.7. The number of carbonyl (C=O) groups is 1. The van der Waals surface area contributed by atoms with Gasteiger partial charge in [0.1, 0.15) is 18.9 Å². The Labute approximate surface area is 143 Å². The minimum absolute atomic E-state index is 0.206. The van der Waals surface area contributed by atoms with Crippen LogP contribution in [0.3, 0.4) is 0 Å². The van der Waals surface area contributed by atoms with Gasteiger partial charge in [-0.05, 0) is 18.2 Å². The van der Waals surface area contributed by atoms with Gasteiger partial charge >= 0.3 is 0 Å². The molecular weight excluding hydrogens is 328 g/mol. The summed E-state index contributed by atoms with van der Waals surface area (Å²) in [7, 11) is 0. The summed E-state index contributed by atoms with van der Waals surface area (Å²) >= 11 is 6.14. The van der Waals surface area contributed by atoms with Crippen LogP contribution in [0.5, 0.6) is 5.75 Å². The molecule has 1 heterocycles. The molecule has 0 atom stereocenters. The smallest absolute Gasteiger partial charge is 0.251 e. The van der Waals surface area contributed by atoms with E-state index in [0.29, 0.717) is 16.3 Å². The molecule has 24 heavy (non-hydrogen) atoms. The van der Waals surface area contributed by atoms with Gasteiger partial charge < -0.3 is 10.5 Å². The first-order valence-corrected chi connectivity index (χ1v) is 7.71. The number of nitrogens with two attached hydrogens (primary N) is 1. The fraction of sp³-hybridized carbons (Fsp3) is 0.111. The monoisotopic (exact) mass is 342 g/mol. The standard InChI is InChI=1S/C18H15ClN2O3/c19-14-6-2-1-4-13(14)11-24-15-7-3-5-12-8-9-17(23)21(18(12)15)10-16(20)22/h1-9H,10-11H2,(H2,20,22). The molecule has 1 amide bonds. The van der Waals surface area contributed by atoms with Gasteiger partial charge in [-0.3, -0.25) is 14.2 Å². The SMILES string of the molecule is NC(=O)Cn1c(=O)ccc2cccc(OCc3ccccc3Cl)c21. The highest BCUT2D eigenvalue weighted by Crippen LogP contribution is 2.26.